The zero-order valence-corrected chi connectivity index (χ0v) is 16.7. The average molecular weight is 387 g/mol. The monoisotopic (exact) mass is 387 g/mol. The first-order chi connectivity index (χ1) is 13.6. The quantitative estimate of drug-likeness (QED) is 0.532. The van der Waals surface area contributed by atoms with E-state index in [0.29, 0.717) is 26.3 Å². The first-order valence-corrected chi connectivity index (χ1v) is 10.3. The van der Waals surface area contributed by atoms with Crippen molar-refractivity contribution >= 4 is 11.9 Å². The molecule has 6 nitrogen and oxygen atoms in total. The van der Waals surface area contributed by atoms with Crippen molar-refractivity contribution in [3.05, 3.63) is 35.9 Å². The predicted octanol–water partition coefficient (Wildman–Crippen LogP) is 2.76. The number of rotatable bonds is 7. The van der Waals surface area contributed by atoms with Crippen molar-refractivity contribution in [1.29, 1.82) is 0 Å². The number of esters is 1. The molecule has 1 saturated carbocycles. The molecule has 28 heavy (non-hydrogen) atoms. The van der Waals surface area contributed by atoms with Crippen LogP contribution in [0, 0.1) is 16.7 Å². The molecule has 4 atom stereocenters. The zero-order chi connectivity index (χ0) is 19.8. The first kappa shape index (κ1) is 19.4. The van der Waals surface area contributed by atoms with Gasteiger partial charge in [-0.2, -0.15) is 0 Å². The summed E-state index contributed by atoms with van der Waals surface area (Å²) >= 11 is 0. The highest BCUT2D eigenvalue weighted by molar-refractivity contribution is 6.10. The standard InChI is InChI=1S/C22H29NO5/c1-3-26-20(25)22-16(2)21(22,15-28-18-11-7-8-12-27-18)14-23(19(22)24)13-17-9-5-4-6-10-17/h4-6,9-10,16,18H,3,7-8,11-15H2,1-2H3. The minimum absolute atomic E-state index is 0.0952. The molecule has 0 radical (unpaired) electrons. The maximum absolute atomic E-state index is 13.4. The van der Waals surface area contributed by atoms with Gasteiger partial charge in [-0.1, -0.05) is 37.3 Å². The molecule has 1 amide bonds. The largest absolute Gasteiger partial charge is 0.465 e. The van der Waals surface area contributed by atoms with Crippen LogP contribution in [0.25, 0.3) is 0 Å². The van der Waals surface area contributed by atoms with Gasteiger partial charge >= 0.3 is 5.97 Å². The molecular weight excluding hydrogens is 358 g/mol. The van der Waals surface area contributed by atoms with E-state index in [1.165, 1.54) is 0 Å². The lowest BCUT2D eigenvalue weighted by Crippen LogP contribution is -2.37. The third-order valence-electron chi connectivity index (χ3n) is 6.76. The molecule has 4 unspecified atom stereocenters. The van der Waals surface area contributed by atoms with Crippen LogP contribution < -0.4 is 0 Å². The summed E-state index contributed by atoms with van der Waals surface area (Å²) in [5.41, 5.74) is -0.603. The second-order valence-corrected chi connectivity index (χ2v) is 8.16. The summed E-state index contributed by atoms with van der Waals surface area (Å²) in [6, 6.07) is 9.86. The van der Waals surface area contributed by atoms with Crippen molar-refractivity contribution in [3.8, 4) is 0 Å². The van der Waals surface area contributed by atoms with Crippen LogP contribution in [0.1, 0.15) is 38.7 Å². The molecule has 152 valence electrons. The second kappa shape index (κ2) is 7.48. The molecule has 6 heteroatoms. The van der Waals surface area contributed by atoms with Gasteiger partial charge in [0.1, 0.15) is 0 Å². The lowest BCUT2D eigenvalue weighted by Gasteiger charge is -2.26. The van der Waals surface area contributed by atoms with Gasteiger partial charge in [0, 0.05) is 25.1 Å². The van der Waals surface area contributed by atoms with Crippen LogP contribution in [-0.2, 0) is 30.3 Å². The molecule has 0 aromatic heterocycles. The Morgan fingerprint density at radius 3 is 2.75 bits per heavy atom. The molecule has 3 fully saturated rings. The zero-order valence-electron chi connectivity index (χ0n) is 16.7. The van der Waals surface area contributed by atoms with Crippen molar-refractivity contribution in [3.63, 3.8) is 0 Å². The van der Waals surface area contributed by atoms with Crippen LogP contribution in [0.5, 0.6) is 0 Å². The van der Waals surface area contributed by atoms with Gasteiger partial charge in [0.2, 0.25) is 5.91 Å². The number of hydrogen-bond acceptors (Lipinski definition) is 5. The van der Waals surface area contributed by atoms with Gasteiger partial charge in [0.05, 0.1) is 13.2 Å². The number of benzene rings is 1. The molecule has 0 N–H and O–H groups in total. The molecule has 2 saturated heterocycles. The summed E-state index contributed by atoms with van der Waals surface area (Å²) in [6.45, 7) is 6.06. The lowest BCUT2D eigenvalue weighted by atomic mass is 9.96. The average Bonchev–Trinajstić information content (AvgIpc) is 3.13. The van der Waals surface area contributed by atoms with Crippen LogP contribution >= 0.6 is 0 Å². The Kier molecular flexibility index (Phi) is 5.19. The normalized spacial score (nSPS) is 34.2. The van der Waals surface area contributed by atoms with Crippen LogP contribution in [0.4, 0.5) is 0 Å². The second-order valence-electron chi connectivity index (χ2n) is 8.16. The van der Waals surface area contributed by atoms with E-state index in [2.05, 4.69) is 0 Å². The fourth-order valence-corrected chi connectivity index (χ4v) is 5.14. The van der Waals surface area contributed by atoms with Crippen molar-refractivity contribution in [2.75, 3.05) is 26.4 Å². The van der Waals surface area contributed by atoms with Crippen LogP contribution in [0.15, 0.2) is 30.3 Å². The fraction of sp³-hybridized carbons (Fsp3) is 0.636. The minimum Gasteiger partial charge on any atom is -0.465 e. The fourth-order valence-electron chi connectivity index (χ4n) is 5.14. The molecule has 1 aliphatic carbocycles. The molecule has 3 aliphatic rings. The Bertz CT molecular complexity index is 732. The molecule has 2 aliphatic heterocycles. The van der Waals surface area contributed by atoms with Gasteiger partial charge in [-0.05, 0) is 37.7 Å². The van der Waals surface area contributed by atoms with E-state index in [0.717, 1.165) is 24.8 Å². The number of fused-ring (bicyclic) bond motifs is 1. The number of nitrogens with zero attached hydrogens (tertiary/aromatic N) is 1. The highest BCUT2D eigenvalue weighted by Gasteiger charge is 2.87. The number of likely N-dealkylation sites (tertiary alicyclic amines) is 1. The summed E-state index contributed by atoms with van der Waals surface area (Å²) in [5.74, 6) is -0.631. The van der Waals surface area contributed by atoms with Crippen LogP contribution in [0.3, 0.4) is 0 Å². The maximum Gasteiger partial charge on any atom is 0.322 e. The molecule has 0 spiro atoms. The maximum atomic E-state index is 13.4. The van der Waals surface area contributed by atoms with E-state index in [1.54, 1.807) is 11.8 Å². The van der Waals surface area contributed by atoms with E-state index < -0.39 is 16.8 Å². The Labute approximate surface area is 166 Å². The first-order valence-electron chi connectivity index (χ1n) is 10.3. The van der Waals surface area contributed by atoms with Crippen molar-refractivity contribution in [2.45, 2.75) is 45.9 Å². The SMILES string of the molecule is CCOC(=O)C12C(=O)N(Cc3ccccc3)CC1(COC1CCCCO1)C2C. The van der Waals surface area contributed by atoms with E-state index >= 15 is 0 Å². The van der Waals surface area contributed by atoms with E-state index in [9.17, 15) is 9.59 Å². The van der Waals surface area contributed by atoms with Gasteiger partial charge in [0.25, 0.3) is 0 Å². The van der Waals surface area contributed by atoms with E-state index in [4.69, 9.17) is 14.2 Å². The summed E-state index contributed by atoms with van der Waals surface area (Å²) in [4.78, 5) is 28.1. The van der Waals surface area contributed by atoms with Crippen molar-refractivity contribution < 1.29 is 23.8 Å². The number of carbonyl (C=O) groups is 2. The third kappa shape index (κ3) is 2.85. The number of amides is 1. The smallest absolute Gasteiger partial charge is 0.322 e. The summed E-state index contributed by atoms with van der Waals surface area (Å²) in [5, 5.41) is 0. The van der Waals surface area contributed by atoms with Gasteiger partial charge in [-0.3, -0.25) is 9.59 Å². The Morgan fingerprint density at radius 1 is 1.29 bits per heavy atom. The molecule has 4 rings (SSSR count). The highest BCUT2D eigenvalue weighted by atomic mass is 16.7. The lowest BCUT2D eigenvalue weighted by molar-refractivity contribution is -0.175. The highest BCUT2D eigenvalue weighted by Crippen LogP contribution is 2.74. The molecular formula is C22H29NO5. The van der Waals surface area contributed by atoms with Crippen LogP contribution in [0.2, 0.25) is 0 Å². The Hall–Kier alpha value is -1.92. The number of ether oxygens (including phenoxy) is 3. The van der Waals surface area contributed by atoms with Gasteiger partial charge in [-0.25, -0.2) is 0 Å². The molecule has 1 aromatic rings. The van der Waals surface area contributed by atoms with Crippen molar-refractivity contribution in [2.24, 2.45) is 16.7 Å². The summed E-state index contributed by atoms with van der Waals surface area (Å²) < 4.78 is 17.1. The van der Waals surface area contributed by atoms with E-state index in [-0.39, 0.29) is 24.7 Å². The van der Waals surface area contributed by atoms with Gasteiger partial charge in [0.15, 0.2) is 11.7 Å². The molecule has 0 bridgehead atoms. The molecule has 2 heterocycles. The van der Waals surface area contributed by atoms with Crippen LogP contribution in [-0.4, -0.2) is 49.4 Å². The summed E-state index contributed by atoms with van der Waals surface area (Å²) in [6.07, 6.45) is 2.75. The number of carbonyl (C=O) groups excluding carboxylic acids is 2. The number of hydrogen-bond donors (Lipinski definition) is 0. The predicted molar refractivity (Wildman–Crippen MR) is 102 cm³/mol. The Balaban J connectivity index is 1.55. The minimum atomic E-state index is -1.12. The van der Waals surface area contributed by atoms with Gasteiger partial charge < -0.3 is 19.1 Å². The van der Waals surface area contributed by atoms with Crippen molar-refractivity contribution in [1.82, 2.24) is 4.90 Å². The third-order valence-corrected chi connectivity index (χ3v) is 6.76. The topological polar surface area (TPSA) is 65.1 Å². The molecule has 1 aromatic carbocycles. The Morgan fingerprint density at radius 2 is 2.07 bits per heavy atom. The number of piperidine rings is 1. The summed E-state index contributed by atoms with van der Waals surface area (Å²) in [7, 11) is 0. The van der Waals surface area contributed by atoms with Gasteiger partial charge in [-0.15, -0.1) is 0 Å². The van der Waals surface area contributed by atoms with E-state index in [1.807, 2.05) is 37.3 Å².